The number of rotatable bonds is 15. The molecule has 49 heavy (non-hydrogen) atoms. The Balaban J connectivity index is 1.38. The molecule has 5 amide bonds. The van der Waals surface area contributed by atoms with Crippen molar-refractivity contribution in [3.05, 3.63) is 83.2 Å². The second-order valence-corrected chi connectivity index (χ2v) is 12.1. The summed E-state index contributed by atoms with van der Waals surface area (Å²) in [7, 11) is 4.99. The van der Waals surface area contributed by atoms with Gasteiger partial charge >= 0.3 is 0 Å². The lowest BCUT2D eigenvalue weighted by atomic mass is 10.1. The highest BCUT2D eigenvalue weighted by Gasteiger charge is 2.20. The minimum atomic E-state index is -0.529. The molecule has 260 valence electrons. The summed E-state index contributed by atoms with van der Waals surface area (Å²) in [6.07, 6.45) is 4.81. The molecule has 0 aliphatic rings. The quantitative estimate of drug-likeness (QED) is 0.118. The average molecular weight is 713 g/mol. The van der Waals surface area contributed by atoms with Crippen LogP contribution in [-0.4, -0.2) is 74.6 Å². The van der Waals surface area contributed by atoms with Gasteiger partial charge in [0.05, 0.1) is 17.1 Å². The molecule has 4 rings (SSSR count). The van der Waals surface area contributed by atoms with Crippen molar-refractivity contribution in [3.8, 4) is 0 Å². The molecule has 0 aliphatic carbocycles. The fourth-order valence-corrected chi connectivity index (χ4v) is 5.68. The van der Waals surface area contributed by atoms with Gasteiger partial charge in [-0.2, -0.15) is 0 Å². The molecule has 0 aliphatic heterocycles. The molecule has 3 aromatic heterocycles. The van der Waals surface area contributed by atoms with E-state index in [-0.39, 0.29) is 36.0 Å². The lowest BCUT2D eigenvalue weighted by Crippen LogP contribution is -2.29. The molecule has 0 saturated carbocycles. The molecule has 0 unspecified atom stereocenters. The summed E-state index contributed by atoms with van der Waals surface area (Å²) >= 11 is 11.9. The maximum Gasteiger partial charge on any atom is 0.272 e. The first kappa shape index (κ1) is 36.6. The normalized spacial score (nSPS) is 10.8. The van der Waals surface area contributed by atoms with Gasteiger partial charge in [0.1, 0.15) is 17.1 Å². The zero-order chi connectivity index (χ0) is 35.8. The standard InChI is InChI=1S/C33H39Cl2N9O5/c1-20-13-21(5-6-25(20)44(11-8-34)12-9-35)30(46)38-22-15-27(42(3)17-22)32(48)40-24-16-28(43(4)19-24)33(49)39-23-14-26(41(2)18-23)31(47)37-10-7-29(36)45/h5-6,13-19H,7-12H2,1-4H3,(H2,36,45)(H,37,47)(H,38,46)(H,39,49)(H,40,48). The van der Waals surface area contributed by atoms with E-state index in [1.165, 1.54) is 12.1 Å². The SMILES string of the molecule is Cc1cc(C(=O)Nc2cc(C(=O)Nc3cc(C(=O)Nc4cc(C(=O)NCCC(N)=O)n(C)c4)n(C)c3)n(C)c2)ccc1N(CCCl)CCCl. The number of benzene rings is 1. The summed E-state index contributed by atoms with van der Waals surface area (Å²) < 4.78 is 4.68. The van der Waals surface area contributed by atoms with E-state index < -0.39 is 23.6 Å². The molecule has 0 bridgehead atoms. The van der Waals surface area contributed by atoms with Crippen molar-refractivity contribution in [3.63, 3.8) is 0 Å². The lowest BCUT2D eigenvalue weighted by molar-refractivity contribution is -0.117. The number of hydrogen-bond donors (Lipinski definition) is 5. The predicted molar refractivity (Wildman–Crippen MR) is 191 cm³/mol. The predicted octanol–water partition coefficient (Wildman–Crippen LogP) is 3.66. The van der Waals surface area contributed by atoms with Crippen molar-refractivity contribution in [1.82, 2.24) is 19.0 Å². The van der Waals surface area contributed by atoms with Gasteiger partial charge in [0.25, 0.3) is 23.6 Å². The first-order valence-electron chi connectivity index (χ1n) is 15.3. The number of carbonyl (C=O) groups excluding carboxylic acids is 5. The Morgan fingerprint density at radius 2 is 1.14 bits per heavy atom. The minimum absolute atomic E-state index is 0.00840. The van der Waals surface area contributed by atoms with Crippen molar-refractivity contribution in [2.45, 2.75) is 13.3 Å². The van der Waals surface area contributed by atoms with Crippen LogP contribution in [0.15, 0.2) is 55.0 Å². The molecule has 1 aromatic carbocycles. The third-order valence-corrected chi connectivity index (χ3v) is 7.99. The van der Waals surface area contributed by atoms with Crippen LogP contribution in [0.3, 0.4) is 0 Å². The van der Waals surface area contributed by atoms with Gasteiger partial charge in [-0.1, -0.05) is 0 Å². The van der Waals surface area contributed by atoms with Gasteiger partial charge in [-0.15, -0.1) is 23.2 Å². The Labute approximate surface area is 293 Å². The molecule has 16 heteroatoms. The van der Waals surface area contributed by atoms with E-state index >= 15 is 0 Å². The molecule has 14 nitrogen and oxygen atoms in total. The highest BCUT2D eigenvalue weighted by molar-refractivity contribution is 6.18. The summed E-state index contributed by atoms with van der Waals surface area (Å²) in [6, 6.07) is 9.98. The van der Waals surface area contributed by atoms with Gasteiger partial charge in [0.2, 0.25) is 5.91 Å². The second-order valence-electron chi connectivity index (χ2n) is 11.4. The monoisotopic (exact) mass is 711 g/mol. The van der Waals surface area contributed by atoms with Gasteiger partial charge in [-0.05, 0) is 48.9 Å². The number of nitrogens with two attached hydrogens (primary N) is 1. The van der Waals surface area contributed by atoms with E-state index in [1.807, 2.05) is 13.0 Å². The van der Waals surface area contributed by atoms with Crippen LogP contribution in [0.5, 0.6) is 0 Å². The largest absolute Gasteiger partial charge is 0.370 e. The van der Waals surface area contributed by atoms with E-state index in [0.717, 1.165) is 11.3 Å². The maximum absolute atomic E-state index is 13.2. The molecular formula is C33H39Cl2N9O5. The van der Waals surface area contributed by atoms with E-state index in [9.17, 15) is 24.0 Å². The van der Waals surface area contributed by atoms with Gasteiger partial charge < -0.3 is 45.6 Å². The molecule has 0 radical (unpaired) electrons. The summed E-state index contributed by atoms with van der Waals surface area (Å²) in [5.74, 6) is -1.30. The van der Waals surface area contributed by atoms with Gasteiger partial charge in [-0.3, -0.25) is 24.0 Å². The van der Waals surface area contributed by atoms with Crippen LogP contribution in [0, 0.1) is 6.92 Å². The van der Waals surface area contributed by atoms with Crippen LogP contribution in [0.4, 0.5) is 22.7 Å². The Morgan fingerprint density at radius 3 is 1.57 bits per heavy atom. The molecule has 3 heterocycles. The minimum Gasteiger partial charge on any atom is -0.370 e. The molecule has 0 fully saturated rings. The highest BCUT2D eigenvalue weighted by Crippen LogP contribution is 2.24. The van der Waals surface area contributed by atoms with Crippen LogP contribution >= 0.6 is 23.2 Å². The Kier molecular flexibility index (Phi) is 12.2. The van der Waals surface area contributed by atoms with Crippen LogP contribution in [0.1, 0.15) is 53.8 Å². The third-order valence-electron chi connectivity index (χ3n) is 7.65. The zero-order valence-electron chi connectivity index (χ0n) is 27.6. The summed E-state index contributed by atoms with van der Waals surface area (Å²) in [5.41, 5.74) is 9.41. The number of amides is 5. The van der Waals surface area contributed by atoms with Gasteiger partial charge in [0.15, 0.2) is 0 Å². The second kappa shape index (κ2) is 16.3. The van der Waals surface area contributed by atoms with Crippen molar-refractivity contribution >= 4 is 75.5 Å². The molecule has 0 saturated heterocycles. The Bertz CT molecular complexity index is 1870. The number of alkyl halides is 2. The maximum atomic E-state index is 13.2. The smallest absolute Gasteiger partial charge is 0.272 e. The fourth-order valence-electron chi connectivity index (χ4n) is 5.27. The van der Waals surface area contributed by atoms with Crippen molar-refractivity contribution in [2.24, 2.45) is 26.9 Å². The molecule has 4 aromatic rings. The summed E-state index contributed by atoms with van der Waals surface area (Å²) in [5, 5.41) is 11.0. The number of nitrogens with one attached hydrogen (secondary N) is 4. The topological polar surface area (TPSA) is 178 Å². The number of halogens is 2. The van der Waals surface area contributed by atoms with Crippen LogP contribution in [0.25, 0.3) is 0 Å². The van der Waals surface area contributed by atoms with Gasteiger partial charge in [-0.25, -0.2) is 0 Å². The van der Waals surface area contributed by atoms with Crippen LogP contribution < -0.4 is 31.9 Å². The number of hydrogen-bond acceptors (Lipinski definition) is 6. The number of aromatic nitrogens is 3. The molecular weight excluding hydrogens is 673 g/mol. The van der Waals surface area contributed by atoms with Gasteiger partial charge in [0, 0.05) is 88.8 Å². The summed E-state index contributed by atoms with van der Waals surface area (Å²) in [6.45, 7) is 3.27. The molecule has 0 atom stereocenters. The molecule has 0 spiro atoms. The van der Waals surface area contributed by atoms with E-state index in [4.69, 9.17) is 28.9 Å². The first-order chi connectivity index (χ1) is 23.3. The van der Waals surface area contributed by atoms with E-state index in [2.05, 4.69) is 26.2 Å². The zero-order valence-corrected chi connectivity index (χ0v) is 29.1. The number of anilines is 4. The van der Waals surface area contributed by atoms with Crippen LogP contribution in [0.2, 0.25) is 0 Å². The Hall–Kier alpha value is -5.21. The number of aryl methyl sites for hydroxylation is 4. The lowest BCUT2D eigenvalue weighted by Gasteiger charge is -2.25. The number of primary amides is 1. The third kappa shape index (κ3) is 9.24. The Morgan fingerprint density at radius 1 is 0.694 bits per heavy atom. The first-order valence-corrected chi connectivity index (χ1v) is 16.3. The van der Waals surface area contributed by atoms with E-state index in [0.29, 0.717) is 47.5 Å². The summed E-state index contributed by atoms with van der Waals surface area (Å²) in [4.78, 5) is 64.8. The highest BCUT2D eigenvalue weighted by atomic mass is 35.5. The van der Waals surface area contributed by atoms with Crippen molar-refractivity contribution < 1.29 is 24.0 Å². The van der Waals surface area contributed by atoms with Crippen molar-refractivity contribution in [2.75, 3.05) is 52.2 Å². The van der Waals surface area contributed by atoms with E-state index in [1.54, 1.807) is 71.6 Å². The van der Waals surface area contributed by atoms with Crippen molar-refractivity contribution in [1.29, 1.82) is 0 Å². The van der Waals surface area contributed by atoms with Crippen LogP contribution in [-0.2, 0) is 25.9 Å². The average Bonchev–Trinajstić information content (AvgIpc) is 3.71. The fraction of sp³-hybridized carbons (Fsp3) is 0.303. The number of nitrogens with zero attached hydrogens (tertiary/aromatic N) is 4. The molecule has 6 N–H and O–H groups in total. The number of carbonyl (C=O) groups is 5.